The molecule has 0 spiro atoms. The maximum Gasteiger partial charge on any atom is 0.324 e. The van der Waals surface area contributed by atoms with Crippen molar-refractivity contribution < 1.29 is 9.53 Å². The molecule has 0 N–H and O–H groups in total. The standard InChI is InChI=1S/C9H15ClO2/c1-12-9(11)8(10)7-5-3-2-4-6-7/h7-8H,2-6H2,1H3. The van der Waals surface area contributed by atoms with Gasteiger partial charge in [0.25, 0.3) is 0 Å². The minimum Gasteiger partial charge on any atom is -0.468 e. The van der Waals surface area contributed by atoms with Crippen molar-refractivity contribution in [3.05, 3.63) is 0 Å². The summed E-state index contributed by atoms with van der Waals surface area (Å²) in [5, 5.41) is -0.421. The number of carbonyl (C=O) groups excluding carboxylic acids is 1. The summed E-state index contributed by atoms with van der Waals surface area (Å²) in [6.07, 6.45) is 5.82. The molecule has 1 fully saturated rings. The van der Waals surface area contributed by atoms with Crippen molar-refractivity contribution in [2.24, 2.45) is 5.92 Å². The lowest BCUT2D eigenvalue weighted by atomic mass is 9.87. The summed E-state index contributed by atoms with van der Waals surface area (Å²) in [6.45, 7) is 0. The molecule has 70 valence electrons. The highest BCUT2D eigenvalue weighted by Gasteiger charge is 2.27. The van der Waals surface area contributed by atoms with Gasteiger partial charge in [-0.15, -0.1) is 11.6 Å². The maximum atomic E-state index is 11.1. The van der Waals surface area contributed by atoms with E-state index in [1.165, 1.54) is 26.4 Å². The Bertz CT molecular complexity index is 153. The normalized spacial score (nSPS) is 21.8. The van der Waals surface area contributed by atoms with Crippen LogP contribution in [-0.2, 0) is 9.53 Å². The number of esters is 1. The summed E-state index contributed by atoms with van der Waals surface area (Å²) in [7, 11) is 1.39. The van der Waals surface area contributed by atoms with E-state index in [1.807, 2.05) is 0 Å². The quantitative estimate of drug-likeness (QED) is 0.494. The third-order valence-corrected chi connectivity index (χ3v) is 3.02. The smallest absolute Gasteiger partial charge is 0.324 e. The second-order valence-electron chi connectivity index (χ2n) is 3.32. The van der Waals surface area contributed by atoms with E-state index in [9.17, 15) is 4.79 Å². The monoisotopic (exact) mass is 190 g/mol. The van der Waals surface area contributed by atoms with Crippen molar-refractivity contribution in [1.29, 1.82) is 0 Å². The van der Waals surface area contributed by atoms with E-state index in [1.54, 1.807) is 0 Å². The third-order valence-electron chi connectivity index (χ3n) is 2.49. The summed E-state index contributed by atoms with van der Waals surface area (Å²) in [5.41, 5.74) is 0. The lowest BCUT2D eigenvalue weighted by Gasteiger charge is -2.24. The Labute approximate surface area is 78.2 Å². The Morgan fingerprint density at radius 2 is 2.00 bits per heavy atom. The molecule has 1 saturated carbocycles. The molecule has 0 bridgehead atoms. The van der Waals surface area contributed by atoms with Crippen molar-refractivity contribution >= 4 is 17.6 Å². The first-order valence-electron chi connectivity index (χ1n) is 4.47. The lowest BCUT2D eigenvalue weighted by Crippen LogP contribution is -2.27. The van der Waals surface area contributed by atoms with Crippen LogP contribution in [0.15, 0.2) is 0 Å². The van der Waals surface area contributed by atoms with Gasteiger partial charge in [0.2, 0.25) is 0 Å². The SMILES string of the molecule is COC(=O)C(Cl)C1CCCCC1. The summed E-state index contributed by atoms with van der Waals surface area (Å²) >= 11 is 5.94. The minimum atomic E-state index is -0.421. The van der Waals surface area contributed by atoms with Crippen molar-refractivity contribution in [2.45, 2.75) is 37.5 Å². The van der Waals surface area contributed by atoms with Gasteiger partial charge in [0.1, 0.15) is 5.38 Å². The van der Waals surface area contributed by atoms with Gasteiger partial charge in [-0.3, -0.25) is 4.79 Å². The Hall–Kier alpha value is -0.240. The molecule has 0 aromatic rings. The first-order valence-corrected chi connectivity index (χ1v) is 4.91. The third kappa shape index (κ3) is 2.37. The second-order valence-corrected chi connectivity index (χ2v) is 3.79. The fourth-order valence-corrected chi connectivity index (χ4v) is 2.07. The van der Waals surface area contributed by atoms with Gasteiger partial charge >= 0.3 is 5.97 Å². The molecule has 0 aromatic carbocycles. The summed E-state index contributed by atoms with van der Waals surface area (Å²) in [4.78, 5) is 11.1. The number of hydrogen-bond donors (Lipinski definition) is 0. The summed E-state index contributed by atoms with van der Waals surface area (Å²) in [5.74, 6) is 0.0661. The topological polar surface area (TPSA) is 26.3 Å². The Balaban J connectivity index is 2.39. The first-order chi connectivity index (χ1) is 5.75. The number of methoxy groups -OCH3 is 1. The van der Waals surface area contributed by atoms with E-state index in [0.717, 1.165) is 12.8 Å². The van der Waals surface area contributed by atoms with E-state index < -0.39 is 5.38 Å². The Kier molecular flexibility index (Phi) is 3.86. The predicted octanol–water partition coefficient (Wildman–Crippen LogP) is 2.35. The van der Waals surface area contributed by atoms with Gasteiger partial charge in [0, 0.05) is 0 Å². The van der Waals surface area contributed by atoms with Gasteiger partial charge in [-0.25, -0.2) is 0 Å². The molecule has 0 saturated heterocycles. The number of hydrogen-bond acceptors (Lipinski definition) is 2. The first kappa shape index (κ1) is 9.85. The zero-order valence-corrected chi connectivity index (χ0v) is 8.14. The highest BCUT2D eigenvalue weighted by atomic mass is 35.5. The molecule has 12 heavy (non-hydrogen) atoms. The van der Waals surface area contributed by atoms with Crippen molar-refractivity contribution in [1.82, 2.24) is 0 Å². The number of rotatable bonds is 2. The van der Waals surface area contributed by atoms with E-state index in [4.69, 9.17) is 11.6 Å². The second kappa shape index (κ2) is 4.70. The molecule has 0 aliphatic heterocycles. The average molecular weight is 191 g/mol. The number of alkyl halides is 1. The highest BCUT2D eigenvalue weighted by molar-refractivity contribution is 6.30. The number of ether oxygens (including phenoxy) is 1. The molecule has 2 nitrogen and oxygen atoms in total. The zero-order chi connectivity index (χ0) is 8.97. The fraction of sp³-hybridized carbons (Fsp3) is 0.889. The molecular formula is C9H15ClO2. The predicted molar refractivity (Wildman–Crippen MR) is 48.2 cm³/mol. The molecule has 1 atom stereocenters. The van der Waals surface area contributed by atoms with Crippen LogP contribution in [-0.4, -0.2) is 18.5 Å². The number of carbonyl (C=O) groups is 1. The van der Waals surface area contributed by atoms with Crippen molar-refractivity contribution in [2.75, 3.05) is 7.11 Å². The van der Waals surface area contributed by atoms with Gasteiger partial charge in [-0.2, -0.15) is 0 Å². The van der Waals surface area contributed by atoms with Gasteiger partial charge in [0.05, 0.1) is 7.11 Å². The molecular weight excluding hydrogens is 176 g/mol. The van der Waals surface area contributed by atoms with Gasteiger partial charge in [-0.05, 0) is 18.8 Å². The van der Waals surface area contributed by atoms with Gasteiger partial charge < -0.3 is 4.74 Å². The van der Waals surface area contributed by atoms with Crippen LogP contribution < -0.4 is 0 Å². The summed E-state index contributed by atoms with van der Waals surface area (Å²) < 4.78 is 4.59. The fourth-order valence-electron chi connectivity index (χ4n) is 1.73. The minimum absolute atomic E-state index is 0.274. The van der Waals surface area contributed by atoms with Gasteiger partial charge in [0.15, 0.2) is 0 Å². The molecule has 1 aliphatic carbocycles. The molecule has 1 aliphatic rings. The molecule has 3 heteroatoms. The van der Waals surface area contributed by atoms with Crippen LogP contribution in [0.25, 0.3) is 0 Å². The molecule has 0 aromatic heterocycles. The highest BCUT2D eigenvalue weighted by Crippen LogP contribution is 2.29. The Morgan fingerprint density at radius 3 is 2.50 bits per heavy atom. The Morgan fingerprint density at radius 1 is 1.42 bits per heavy atom. The van der Waals surface area contributed by atoms with E-state index in [-0.39, 0.29) is 5.97 Å². The van der Waals surface area contributed by atoms with Crippen LogP contribution in [0.2, 0.25) is 0 Å². The van der Waals surface area contributed by atoms with E-state index in [2.05, 4.69) is 4.74 Å². The molecule has 0 amide bonds. The molecule has 1 unspecified atom stereocenters. The van der Waals surface area contributed by atoms with Crippen LogP contribution in [0, 0.1) is 5.92 Å². The number of halogens is 1. The van der Waals surface area contributed by atoms with Crippen molar-refractivity contribution in [3.63, 3.8) is 0 Å². The van der Waals surface area contributed by atoms with E-state index in [0.29, 0.717) is 5.92 Å². The summed E-state index contributed by atoms with van der Waals surface area (Å²) in [6, 6.07) is 0. The lowest BCUT2D eigenvalue weighted by molar-refractivity contribution is -0.141. The molecule has 0 radical (unpaired) electrons. The van der Waals surface area contributed by atoms with Crippen LogP contribution in [0.5, 0.6) is 0 Å². The van der Waals surface area contributed by atoms with E-state index >= 15 is 0 Å². The van der Waals surface area contributed by atoms with Crippen LogP contribution in [0.3, 0.4) is 0 Å². The van der Waals surface area contributed by atoms with Crippen molar-refractivity contribution in [3.8, 4) is 0 Å². The van der Waals surface area contributed by atoms with Crippen LogP contribution >= 0.6 is 11.6 Å². The molecule has 0 heterocycles. The maximum absolute atomic E-state index is 11.1. The van der Waals surface area contributed by atoms with Gasteiger partial charge in [-0.1, -0.05) is 19.3 Å². The largest absolute Gasteiger partial charge is 0.468 e. The van der Waals surface area contributed by atoms with Crippen LogP contribution in [0.4, 0.5) is 0 Å². The molecule has 1 rings (SSSR count). The zero-order valence-electron chi connectivity index (χ0n) is 7.38. The average Bonchev–Trinajstić information content (AvgIpc) is 2.17. The van der Waals surface area contributed by atoms with Crippen LogP contribution in [0.1, 0.15) is 32.1 Å².